The van der Waals surface area contributed by atoms with Gasteiger partial charge in [-0.1, -0.05) is 0 Å². The minimum atomic E-state index is -1.24. The Labute approximate surface area is 94.7 Å². The van der Waals surface area contributed by atoms with Crippen molar-refractivity contribution < 1.29 is 19.1 Å². The summed E-state index contributed by atoms with van der Waals surface area (Å²) in [7, 11) is 0. The van der Waals surface area contributed by atoms with Gasteiger partial charge in [0, 0.05) is 19.0 Å². The Bertz CT molecular complexity index is 311. The molecule has 0 radical (unpaired) electrons. The predicted molar refractivity (Wildman–Crippen MR) is 56.6 cm³/mol. The van der Waals surface area contributed by atoms with Crippen LogP contribution in [-0.2, 0) is 19.1 Å². The Kier molecular flexibility index (Phi) is 4.04. The van der Waals surface area contributed by atoms with Crippen molar-refractivity contribution in [1.29, 1.82) is 0 Å². The lowest BCUT2D eigenvalue weighted by molar-refractivity contribution is -0.162. The van der Waals surface area contributed by atoms with Gasteiger partial charge in [0.15, 0.2) is 11.7 Å². The number of Topliss-reactive ketones (excluding diaryl/α,β-unsaturated/α-hetero) is 1. The highest BCUT2D eigenvalue weighted by Gasteiger charge is 2.42. The van der Waals surface area contributed by atoms with Crippen molar-refractivity contribution in [2.45, 2.75) is 33.2 Å². The normalized spacial score (nSPS) is 21.5. The van der Waals surface area contributed by atoms with Gasteiger partial charge in [-0.25, -0.2) is 0 Å². The van der Waals surface area contributed by atoms with Crippen molar-refractivity contribution in [1.82, 2.24) is 4.90 Å². The molecule has 0 N–H and O–H groups in total. The molecule has 1 aliphatic rings. The van der Waals surface area contributed by atoms with Crippen LogP contribution in [0.5, 0.6) is 0 Å². The van der Waals surface area contributed by atoms with Gasteiger partial charge in [-0.05, 0) is 20.8 Å². The Morgan fingerprint density at radius 3 is 2.62 bits per heavy atom. The molecule has 0 aromatic carbocycles. The van der Waals surface area contributed by atoms with Gasteiger partial charge < -0.3 is 9.64 Å². The Balaban J connectivity index is 2.84. The summed E-state index contributed by atoms with van der Waals surface area (Å²) in [5.74, 6) is -2.72. The summed E-state index contributed by atoms with van der Waals surface area (Å²) in [5, 5.41) is 0. The van der Waals surface area contributed by atoms with Gasteiger partial charge in [0.2, 0.25) is 5.91 Å². The van der Waals surface area contributed by atoms with E-state index in [2.05, 4.69) is 0 Å². The summed E-state index contributed by atoms with van der Waals surface area (Å²) in [6, 6.07) is -0.00229. The van der Waals surface area contributed by atoms with Crippen molar-refractivity contribution in [3.05, 3.63) is 0 Å². The van der Waals surface area contributed by atoms with Crippen LogP contribution in [0.1, 0.15) is 27.2 Å². The molecule has 1 aliphatic heterocycles. The number of hydrogen-bond donors (Lipinski definition) is 0. The molecule has 1 saturated heterocycles. The van der Waals surface area contributed by atoms with E-state index >= 15 is 0 Å². The number of rotatable bonds is 3. The fourth-order valence-electron chi connectivity index (χ4n) is 1.76. The van der Waals surface area contributed by atoms with Crippen LogP contribution >= 0.6 is 0 Å². The van der Waals surface area contributed by atoms with Crippen LogP contribution in [0.25, 0.3) is 0 Å². The van der Waals surface area contributed by atoms with Gasteiger partial charge in [0.25, 0.3) is 0 Å². The fraction of sp³-hybridized carbons (Fsp3) is 0.727. The Hall–Kier alpha value is -1.39. The molecule has 90 valence electrons. The average Bonchev–Trinajstić information content (AvgIpc) is 2.17. The standard InChI is InChI=1S/C11H17NO4/c1-4-16-11(15)9-8(13)5-6-12(7(2)3)10(9)14/h7,9H,4-6H2,1-3H3/t9-/m0/s1. The second kappa shape index (κ2) is 5.09. The van der Waals surface area contributed by atoms with Crippen LogP contribution in [0.3, 0.4) is 0 Å². The van der Waals surface area contributed by atoms with Crippen LogP contribution in [0.2, 0.25) is 0 Å². The van der Waals surface area contributed by atoms with Gasteiger partial charge in [-0.2, -0.15) is 0 Å². The maximum atomic E-state index is 11.9. The van der Waals surface area contributed by atoms with Crippen molar-refractivity contribution in [3.8, 4) is 0 Å². The van der Waals surface area contributed by atoms with E-state index in [1.807, 2.05) is 13.8 Å². The second-order valence-corrected chi connectivity index (χ2v) is 4.03. The topological polar surface area (TPSA) is 63.7 Å². The molecule has 5 heteroatoms. The summed E-state index contributed by atoms with van der Waals surface area (Å²) in [6.07, 6.45) is 0.230. The third kappa shape index (κ3) is 2.40. The lowest BCUT2D eigenvalue weighted by Gasteiger charge is -2.33. The van der Waals surface area contributed by atoms with Gasteiger partial charge in [-0.3, -0.25) is 14.4 Å². The van der Waals surface area contributed by atoms with Crippen LogP contribution in [0.4, 0.5) is 0 Å². The predicted octanol–water partition coefficient (Wildman–Crippen LogP) is 0.375. The molecule has 0 saturated carbocycles. The van der Waals surface area contributed by atoms with Crippen LogP contribution in [0, 0.1) is 5.92 Å². The molecule has 1 rings (SSSR count). The summed E-state index contributed by atoms with van der Waals surface area (Å²) >= 11 is 0. The number of amides is 1. The summed E-state index contributed by atoms with van der Waals surface area (Å²) in [6.45, 7) is 5.94. The maximum absolute atomic E-state index is 11.9. The third-order valence-electron chi connectivity index (χ3n) is 2.60. The molecule has 1 fully saturated rings. The number of nitrogens with zero attached hydrogens (tertiary/aromatic N) is 1. The zero-order valence-corrected chi connectivity index (χ0v) is 9.86. The third-order valence-corrected chi connectivity index (χ3v) is 2.60. The van der Waals surface area contributed by atoms with Gasteiger partial charge >= 0.3 is 5.97 Å². The van der Waals surface area contributed by atoms with E-state index in [-0.39, 0.29) is 24.9 Å². The van der Waals surface area contributed by atoms with E-state index in [4.69, 9.17) is 4.74 Å². The molecular formula is C11H17NO4. The first-order valence-corrected chi connectivity index (χ1v) is 5.48. The molecule has 0 spiro atoms. The zero-order valence-electron chi connectivity index (χ0n) is 9.86. The van der Waals surface area contributed by atoms with E-state index in [0.29, 0.717) is 6.54 Å². The van der Waals surface area contributed by atoms with Crippen LogP contribution < -0.4 is 0 Å². The fourth-order valence-corrected chi connectivity index (χ4v) is 1.76. The van der Waals surface area contributed by atoms with Crippen molar-refractivity contribution >= 4 is 17.7 Å². The number of hydrogen-bond acceptors (Lipinski definition) is 4. The first-order chi connectivity index (χ1) is 7.49. The number of ether oxygens (including phenoxy) is 1. The molecule has 0 aliphatic carbocycles. The molecule has 0 aromatic heterocycles. The number of carbonyl (C=O) groups is 3. The molecule has 16 heavy (non-hydrogen) atoms. The molecule has 0 bridgehead atoms. The van der Waals surface area contributed by atoms with Crippen LogP contribution in [0.15, 0.2) is 0 Å². The molecule has 1 atom stereocenters. The number of ketones is 1. The zero-order chi connectivity index (χ0) is 12.3. The molecule has 5 nitrogen and oxygen atoms in total. The number of piperidine rings is 1. The summed E-state index contributed by atoms with van der Waals surface area (Å²) in [5.41, 5.74) is 0. The van der Waals surface area contributed by atoms with Crippen molar-refractivity contribution in [2.24, 2.45) is 5.92 Å². The van der Waals surface area contributed by atoms with Gasteiger partial charge in [-0.15, -0.1) is 0 Å². The molecule has 0 unspecified atom stereocenters. The number of likely N-dealkylation sites (tertiary alicyclic amines) is 1. The monoisotopic (exact) mass is 227 g/mol. The smallest absolute Gasteiger partial charge is 0.326 e. The average molecular weight is 227 g/mol. The van der Waals surface area contributed by atoms with E-state index in [9.17, 15) is 14.4 Å². The highest BCUT2D eigenvalue weighted by atomic mass is 16.5. The van der Waals surface area contributed by atoms with Gasteiger partial charge in [0.05, 0.1) is 6.61 Å². The van der Waals surface area contributed by atoms with E-state index in [1.54, 1.807) is 11.8 Å². The first kappa shape index (κ1) is 12.7. The Morgan fingerprint density at radius 1 is 1.50 bits per heavy atom. The molecule has 0 aromatic rings. The lowest BCUT2D eigenvalue weighted by atomic mass is 9.94. The molecular weight excluding hydrogens is 210 g/mol. The highest BCUT2D eigenvalue weighted by molar-refractivity contribution is 6.17. The maximum Gasteiger partial charge on any atom is 0.326 e. The number of esters is 1. The molecule has 1 amide bonds. The minimum absolute atomic E-state index is 0.00229. The van der Waals surface area contributed by atoms with Crippen molar-refractivity contribution in [3.63, 3.8) is 0 Å². The van der Waals surface area contributed by atoms with E-state index in [0.717, 1.165) is 0 Å². The minimum Gasteiger partial charge on any atom is -0.465 e. The van der Waals surface area contributed by atoms with E-state index < -0.39 is 17.8 Å². The summed E-state index contributed by atoms with van der Waals surface area (Å²) in [4.78, 5) is 36.5. The van der Waals surface area contributed by atoms with Crippen LogP contribution in [-0.4, -0.2) is 41.8 Å². The lowest BCUT2D eigenvalue weighted by Crippen LogP contribution is -2.52. The SMILES string of the molecule is CCOC(=O)[C@H]1C(=O)CCN(C(C)C)C1=O. The second-order valence-electron chi connectivity index (χ2n) is 4.03. The Morgan fingerprint density at radius 2 is 2.12 bits per heavy atom. The van der Waals surface area contributed by atoms with Gasteiger partial charge in [0.1, 0.15) is 0 Å². The quantitative estimate of drug-likeness (QED) is 0.516. The molecule has 1 heterocycles. The first-order valence-electron chi connectivity index (χ1n) is 5.48. The van der Waals surface area contributed by atoms with E-state index in [1.165, 1.54) is 0 Å². The van der Waals surface area contributed by atoms with Crippen molar-refractivity contribution in [2.75, 3.05) is 13.2 Å². The summed E-state index contributed by atoms with van der Waals surface area (Å²) < 4.78 is 4.74. The highest BCUT2D eigenvalue weighted by Crippen LogP contribution is 2.18. The number of carbonyl (C=O) groups excluding carboxylic acids is 3. The largest absolute Gasteiger partial charge is 0.465 e.